The Morgan fingerprint density at radius 3 is 2.60 bits per heavy atom. The first-order valence-electron chi connectivity index (χ1n) is 12.9. The third-order valence-electron chi connectivity index (χ3n) is 6.36. The molecule has 1 aromatic carbocycles. The lowest BCUT2D eigenvalue weighted by Crippen LogP contribution is -2.48. The van der Waals surface area contributed by atoms with Crippen LogP contribution in [0.3, 0.4) is 0 Å². The summed E-state index contributed by atoms with van der Waals surface area (Å²) in [6.07, 6.45) is 1.24. The van der Waals surface area contributed by atoms with E-state index in [9.17, 15) is 9.90 Å². The van der Waals surface area contributed by atoms with Gasteiger partial charge in [0, 0.05) is 18.0 Å². The molecule has 194 valence electrons. The standard InChI is InChI=1S/C28H42N2O4S/c1-6-13-29(16-23(31)18-33-21(4)5)17-28(32)30-14-11-27-25(12-15-35-27)26(30)19-34-24-9-7-22(8-10-24)20(2)3/h7-10,12,15,20-21,23,26,31H,6,11,13-14,16-19H2,1-5H3/t23-,26-/m0/s1. The molecule has 35 heavy (non-hydrogen) atoms. The van der Waals surface area contributed by atoms with Crippen molar-refractivity contribution in [3.05, 3.63) is 51.7 Å². The highest BCUT2D eigenvalue weighted by molar-refractivity contribution is 7.10. The van der Waals surface area contributed by atoms with Gasteiger partial charge >= 0.3 is 0 Å². The smallest absolute Gasteiger partial charge is 0.237 e. The van der Waals surface area contributed by atoms with E-state index in [0.717, 1.165) is 25.1 Å². The van der Waals surface area contributed by atoms with Crippen LogP contribution in [0.1, 0.15) is 69.0 Å². The number of hydrogen-bond donors (Lipinski definition) is 1. The quantitative estimate of drug-likeness (QED) is 0.423. The van der Waals surface area contributed by atoms with Gasteiger partial charge in [0.2, 0.25) is 5.91 Å². The predicted octanol–water partition coefficient (Wildman–Crippen LogP) is 4.87. The Kier molecular flexibility index (Phi) is 10.6. The van der Waals surface area contributed by atoms with Crippen LogP contribution in [0.15, 0.2) is 35.7 Å². The van der Waals surface area contributed by atoms with Crippen molar-refractivity contribution >= 4 is 17.2 Å². The Bertz CT molecular complexity index is 912. The van der Waals surface area contributed by atoms with Crippen LogP contribution in [0.4, 0.5) is 0 Å². The molecule has 1 aromatic heterocycles. The first-order chi connectivity index (χ1) is 16.8. The minimum atomic E-state index is -0.616. The molecule has 0 aliphatic carbocycles. The third kappa shape index (κ3) is 8.04. The summed E-state index contributed by atoms with van der Waals surface area (Å²) in [7, 11) is 0. The van der Waals surface area contributed by atoms with E-state index < -0.39 is 6.10 Å². The van der Waals surface area contributed by atoms with Gasteiger partial charge in [-0.25, -0.2) is 0 Å². The van der Waals surface area contributed by atoms with Gasteiger partial charge in [0.15, 0.2) is 0 Å². The number of benzene rings is 1. The molecule has 0 fully saturated rings. The second-order valence-corrected chi connectivity index (χ2v) is 11.0. The molecule has 0 saturated carbocycles. The number of aliphatic hydroxyl groups is 1. The number of hydrogen-bond acceptors (Lipinski definition) is 6. The summed E-state index contributed by atoms with van der Waals surface area (Å²) in [6, 6.07) is 10.3. The maximum Gasteiger partial charge on any atom is 0.237 e. The molecular weight excluding hydrogens is 460 g/mol. The molecule has 2 atom stereocenters. The molecule has 2 aromatic rings. The van der Waals surface area contributed by atoms with Crippen LogP contribution >= 0.6 is 11.3 Å². The highest BCUT2D eigenvalue weighted by atomic mass is 32.1. The second kappa shape index (κ2) is 13.4. The Labute approximate surface area is 214 Å². The zero-order valence-electron chi connectivity index (χ0n) is 21.9. The fraction of sp³-hybridized carbons (Fsp3) is 0.607. The monoisotopic (exact) mass is 502 g/mol. The summed E-state index contributed by atoms with van der Waals surface area (Å²) in [5.74, 6) is 1.38. The SMILES string of the molecule is CCCN(CC(=O)N1CCc2sccc2[C@@H]1COc1ccc(C(C)C)cc1)C[C@H](O)COC(C)C. The molecule has 2 heterocycles. The molecule has 0 bridgehead atoms. The molecule has 1 aliphatic rings. The highest BCUT2D eigenvalue weighted by Crippen LogP contribution is 2.34. The molecule has 7 heteroatoms. The van der Waals surface area contributed by atoms with Gasteiger partial charge in [-0.3, -0.25) is 9.69 Å². The predicted molar refractivity (Wildman–Crippen MR) is 142 cm³/mol. The van der Waals surface area contributed by atoms with Crippen LogP contribution < -0.4 is 4.74 Å². The zero-order chi connectivity index (χ0) is 25.4. The summed E-state index contributed by atoms with van der Waals surface area (Å²) >= 11 is 1.76. The second-order valence-electron chi connectivity index (χ2n) is 9.96. The molecule has 0 spiro atoms. The van der Waals surface area contributed by atoms with Crippen LogP contribution in [-0.4, -0.2) is 72.4 Å². The van der Waals surface area contributed by atoms with Crippen molar-refractivity contribution in [1.29, 1.82) is 0 Å². The number of ether oxygens (including phenoxy) is 2. The van der Waals surface area contributed by atoms with E-state index in [0.29, 0.717) is 25.6 Å². The van der Waals surface area contributed by atoms with Gasteiger partial charge in [-0.05, 0) is 73.9 Å². The van der Waals surface area contributed by atoms with E-state index in [2.05, 4.69) is 44.4 Å². The van der Waals surface area contributed by atoms with E-state index >= 15 is 0 Å². The third-order valence-corrected chi connectivity index (χ3v) is 7.36. The van der Waals surface area contributed by atoms with E-state index in [1.807, 2.05) is 35.8 Å². The van der Waals surface area contributed by atoms with E-state index in [1.165, 1.54) is 16.0 Å². The molecule has 0 unspecified atom stereocenters. The summed E-state index contributed by atoms with van der Waals surface area (Å²) < 4.78 is 11.8. The normalized spacial score (nSPS) is 16.7. The molecule has 6 nitrogen and oxygen atoms in total. The molecule has 1 amide bonds. The molecule has 0 saturated heterocycles. The van der Waals surface area contributed by atoms with E-state index in [1.54, 1.807) is 11.3 Å². The van der Waals surface area contributed by atoms with E-state index in [-0.39, 0.29) is 31.2 Å². The first-order valence-corrected chi connectivity index (χ1v) is 13.8. The Morgan fingerprint density at radius 1 is 1.20 bits per heavy atom. The summed E-state index contributed by atoms with van der Waals surface area (Å²) in [6.45, 7) is 13.2. The van der Waals surface area contributed by atoms with Crippen LogP contribution in [0.5, 0.6) is 5.75 Å². The summed E-state index contributed by atoms with van der Waals surface area (Å²) in [5, 5.41) is 12.5. The van der Waals surface area contributed by atoms with Crippen molar-refractivity contribution in [2.24, 2.45) is 0 Å². The van der Waals surface area contributed by atoms with Gasteiger partial charge in [-0.2, -0.15) is 0 Å². The molecule has 1 N–H and O–H groups in total. The van der Waals surface area contributed by atoms with Crippen LogP contribution in [0.25, 0.3) is 0 Å². The van der Waals surface area contributed by atoms with Gasteiger partial charge in [0.1, 0.15) is 12.4 Å². The molecular formula is C28H42N2O4S. The first kappa shape index (κ1) is 27.7. The largest absolute Gasteiger partial charge is 0.491 e. The fourth-order valence-corrected chi connectivity index (χ4v) is 5.41. The number of amides is 1. The molecule has 3 rings (SSSR count). The lowest BCUT2D eigenvalue weighted by molar-refractivity contribution is -0.136. The Morgan fingerprint density at radius 2 is 1.94 bits per heavy atom. The van der Waals surface area contributed by atoms with Crippen LogP contribution in [0.2, 0.25) is 0 Å². The minimum Gasteiger partial charge on any atom is -0.491 e. The molecule has 0 radical (unpaired) electrons. The topological polar surface area (TPSA) is 62.2 Å². The number of aliphatic hydroxyl groups excluding tert-OH is 1. The van der Waals surface area contributed by atoms with Crippen molar-refractivity contribution in [3.63, 3.8) is 0 Å². The van der Waals surface area contributed by atoms with Crippen molar-refractivity contribution < 1.29 is 19.4 Å². The van der Waals surface area contributed by atoms with Crippen molar-refractivity contribution in [2.75, 3.05) is 39.4 Å². The van der Waals surface area contributed by atoms with Gasteiger partial charge in [-0.15, -0.1) is 11.3 Å². The maximum absolute atomic E-state index is 13.5. The number of nitrogens with zero attached hydrogens (tertiary/aromatic N) is 2. The van der Waals surface area contributed by atoms with Crippen LogP contribution in [-0.2, 0) is 16.0 Å². The number of thiophene rings is 1. The van der Waals surface area contributed by atoms with Gasteiger partial charge < -0.3 is 19.5 Å². The van der Waals surface area contributed by atoms with Crippen molar-refractivity contribution in [2.45, 2.75) is 71.6 Å². The number of fused-ring (bicyclic) bond motifs is 1. The lowest BCUT2D eigenvalue weighted by atomic mass is 10.00. The Balaban J connectivity index is 1.67. The van der Waals surface area contributed by atoms with Crippen LogP contribution in [0, 0.1) is 0 Å². The number of carbonyl (C=O) groups excluding carboxylic acids is 1. The average molecular weight is 503 g/mol. The van der Waals surface area contributed by atoms with Gasteiger partial charge in [0.05, 0.1) is 31.4 Å². The summed E-state index contributed by atoms with van der Waals surface area (Å²) in [5.41, 5.74) is 2.48. The average Bonchev–Trinajstić information content (AvgIpc) is 3.30. The minimum absolute atomic E-state index is 0.0707. The van der Waals surface area contributed by atoms with Crippen molar-refractivity contribution in [3.8, 4) is 5.75 Å². The van der Waals surface area contributed by atoms with Gasteiger partial charge in [0.25, 0.3) is 0 Å². The fourth-order valence-electron chi connectivity index (χ4n) is 4.49. The lowest BCUT2D eigenvalue weighted by Gasteiger charge is -2.37. The van der Waals surface area contributed by atoms with Crippen molar-refractivity contribution in [1.82, 2.24) is 9.80 Å². The summed E-state index contributed by atoms with van der Waals surface area (Å²) in [4.78, 5) is 18.9. The van der Waals surface area contributed by atoms with Gasteiger partial charge in [-0.1, -0.05) is 32.9 Å². The number of rotatable bonds is 13. The zero-order valence-corrected chi connectivity index (χ0v) is 22.7. The Hall–Kier alpha value is -1.93. The maximum atomic E-state index is 13.5. The number of carbonyl (C=O) groups is 1. The van der Waals surface area contributed by atoms with E-state index in [4.69, 9.17) is 9.47 Å². The molecule has 1 aliphatic heterocycles. The highest BCUT2D eigenvalue weighted by Gasteiger charge is 2.33.